The summed E-state index contributed by atoms with van der Waals surface area (Å²) in [5, 5.41) is 33.6. The van der Waals surface area contributed by atoms with Gasteiger partial charge in [-0.25, -0.2) is 14.5 Å². The lowest BCUT2D eigenvalue weighted by molar-refractivity contribution is -0.0323. The molecule has 0 amide bonds. The van der Waals surface area contributed by atoms with Crippen molar-refractivity contribution < 1.29 is 14.6 Å². The van der Waals surface area contributed by atoms with E-state index in [1.165, 1.54) is 22.1 Å². The molecule has 16 heteroatoms. The molecule has 3 N–H and O–H groups in total. The van der Waals surface area contributed by atoms with E-state index in [1.807, 2.05) is 43.6 Å². The highest BCUT2D eigenvalue weighted by molar-refractivity contribution is 7.17. The number of H-pyrrole nitrogens is 1. The number of thiophene rings is 1. The van der Waals surface area contributed by atoms with E-state index < -0.39 is 23.6 Å². The van der Waals surface area contributed by atoms with Crippen LogP contribution in [0.2, 0.25) is 0 Å². The first-order valence-electron chi connectivity index (χ1n) is 16.1. The molecule has 2 fully saturated rings. The van der Waals surface area contributed by atoms with Crippen molar-refractivity contribution in [3.63, 3.8) is 0 Å². The number of aliphatic hydroxyl groups excluding tert-OH is 1. The second kappa shape index (κ2) is 13.5. The lowest BCUT2D eigenvalue weighted by Crippen LogP contribution is -2.39. The smallest absolute Gasteiger partial charge is 0.330 e. The van der Waals surface area contributed by atoms with Gasteiger partial charge in [0.15, 0.2) is 0 Å². The first kappa shape index (κ1) is 32.6. The summed E-state index contributed by atoms with van der Waals surface area (Å²) >= 11 is 1.53. The molecule has 0 saturated carbocycles. The molecule has 4 aromatic heterocycles. The molecule has 2 aliphatic heterocycles. The predicted octanol–water partition coefficient (Wildman–Crippen LogP) is 3.32. The zero-order valence-corrected chi connectivity index (χ0v) is 28.1. The standard InChI is InChI=1S/C33H36N10O5S/c1-18-10-21(13-34)11-19(2)28(18)48-31-29-24(6-9-49-29)36-32(38-31)35-22-4-7-41(8-5-22)15-23-16-43(40-39-23)25-12-27(47-26(25)17-44)42-14-20(3)30(45)37-33(42)46/h6,9-11,14,16,22,25-27,44H,4-5,7-8,12,15,17H2,1-3H3,(H,35,36,38)(H,37,45,46)/t25-,26+,27+/m0/s1. The Kier molecular flexibility index (Phi) is 8.99. The van der Waals surface area contributed by atoms with Crippen LogP contribution >= 0.6 is 11.3 Å². The van der Waals surface area contributed by atoms with Crippen LogP contribution in [-0.4, -0.2) is 76.4 Å². The van der Waals surface area contributed by atoms with E-state index in [4.69, 9.17) is 19.4 Å². The van der Waals surface area contributed by atoms with E-state index in [0.717, 1.165) is 53.0 Å². The molecule has 5 aromatic rings. The molecule has 6 heterocycles. The Bertz CT molecular complexity index is 2140. The molecule has 2 aliphatic rings. The Morgan fingerprint density at radius 1 is 1.14 bits per heavy atom. The summed E-state index contributed by atoms with van der Waals surface area (Å²) in [6, 6.07) is 7.62. The fourth-order valence-corrected chi connectivity index (χ4v) is 7.32. The minimum absolute atomic E-state index is 0.173. The van der Waals surface area contributed by atoms with Gasteiger partial charge < -0.3 is 19.9 Å². The summed E-state index contributed by atoms with van der Waals surface area (Å²) in [6.07, 6.45) is 4.25. The number of nitrogens with zero attached hydrogens (tertiary/aromatic N) is 8. The molecule has 49 heavy (non-hydrogen) atoms. The van der Waals surface area contributed by atoms with Gasteiger partial charge in [-0.2, -0.15) is 10.2 Å². The van der Waals surface area contributed by atoms with Crippen LogP contribution in [0.3, 0.4) is 0 Å². The van der Waals surface area contributed by atoms with E-state index in [1.54, 1.807) is 11.6 Å². The highest BCUT2D eigenvalue weighted by Gasteiger charge is 2.38. The van der Waals surface area contributed by atoms with E-state index in [2.05, 4.69) is 31.6 Å². The van der Waals surface area contributed by atoms with Gasteiger partial charge in [0.2, 0.25) is 11.8 Å². The average molecular weight is 685 g/mol. The highest BCUT2D eigenvalue weighted by Crippen LogP contribution is 2.37. The van der Waals surface area contributed by atoms with E-state index in [9.17, 15) is 20.0 Å². The van der Waals surface area contributed by atoms with Gasteiger partial charge in [0.05, 0.1) is 41.7 Å². The normalized spacial score (nSPS) is 20.1. The predicted molar refractivity (Wildman–Crippen MR) is 181 cm³/mol. The number of hydrogen-bond donors (Lipinski definition) is 3. The number of aliphatic hydroxyl groups is 1. The van der Waals surface area contributed by atoms with Crippen molar-refractivity contribution >= 4 is 27.5 Å². The Morgan fingerprint density at radius 2 is 1.92 bits per heavy atom. The van der Waals surface area contributed by atoms with Gasteiger partial charge in [0.25, 0.3) is 5.56 Å². The lowest BCUT2D eigenvalue weighted by Gasteiger charge is -2.31. The van der Waals surface area contributed by atoms with Gasteiger partial charge in [0, 0.05) is 43.9 Å². The summed E-state index contributed by atoms with van der Waals surface area (Å²) in [4.78, 5) is 38.4. The third-order valence-electron chi connectivity index (χ3n) is 9.10. The van der Waals surface area contributed by atoms with Crippen LogP contribution in [0.5, 0.6) is 11.6 Å². The molecule has 7 rings (SSSR count). The first-order chi connectivity index (χ1) is 23.7. The number of aromatic amines is 1. The van der Waals surface area contributed by atoms with Gasteiger partial charge in [-0.05, 0) is 68.3 Å². The van der Waals surface area contributed by atoms with E-state index in [-0.39, 0.29) is 18.7 Å². The summed E-state index contributed by atoms with van der Waals surface area (Å²) in [5.41, 5.74) is 3.34. The number of hydrogen-bond acceptors (Lipinski definition) is 13. The summed E-state index contributed by atoms with van der Waals surface area (Å²) in [5.74, 6) is 1.69. The fraction of sp³-hybridized carbons (Fsp3) is 0.424. The first-order valence-corrected chi connectivity index (χ1v) is 17.0. The molecule has 2 saturated heterocycles. The van der Waals surface area contributed by atoms with Crippen LogP contribution in [0.15, 0.2) is 45.6 Å². The van der Waals surface area contributed by atoms with Crippen molar-refractivity contribution in [3.8, 4) is 17.7 Å². The number of fused-ring (bicyclic) bond motifs is 1. The lowest BCUT2D eigenvalue weighted by atomic mass is 10.1. The zero-order chi connectivity index (χ0) is 34.2. The van der Waals surface area contributed by atoms with E-state index >= 15 is 0 Å². The van der Waals surface area contributed by atoms with Gasteiger partial charge in [-0.3, -0.25) is 19.2 Å². The van der Waals surface area contributed by atoms with Crippen molar-refractivity contribution in [1.82, 2.24) is 39.4 Å². The fourth-order valence-electron chi connectivity index (χ4n) is 6.57. The maximum Gasteiger partial charge on any atom is 0.330 e. The number of nitrogens with one attached hydrogen (secondary N) is 2. The van der Waals surface area contributed by atoms with Crippen LogP contribution < -0.4 is 21.3 Å². The van der Waals surface area contributed by atoms with Crippen molar-refractivity contribution in [2.24, 2.45) is 0 Å². The van der Waals surface area contributed by atoms with Crippen LogP contribution in [0, 0.1) is 32.1 Å². The Morgan fingerprint density at radius 3 is 2.65 bits per heavy atom. The average Bonchev–Trinajstić information content (AvgIpc) is 3.85. The summed E-state index contributed by atoms with van der Waals surface area (Å²) in [7, 11) is 0. The van der Waals surface area contributed by atoms with Gasteiger partial charge in [0.1, 0.15) is 22.8 Å². The molecular weight excluding hydrogens is 648 g/mol. The van der Waals surface area contributed by atoms with Crippen molar-refractivity contribution in [2.75, 3.05) is 25.0 Å². The Balaban J connectivity index is 0.974. The van der Waals surface area contributed by atoms with E-state index in [0.29, 0.717) is 41.7 Å². The van der Waals surface area contributed by atoms with Gasteiger partial charge >= 0.3 is 5.69 Å². The second-order valence-corrected chi connectivity index (χ2v) is 13.5. The molecule has 15 nitrogen and oxygen atoms in total. The molecule has 0 spiro atoms. The largest absolute Gasteiger partial charge is 0.437 e. The molecule has 0 radical (unpaired) electrons. The highest BCUT2D eigenvalue weighted by atomic mass is 32.1. The van der Waals surface area contributed by atoms with Crippen LogP contribution in [0.25, 0.3) is 10.2 Å². The topological polar surface area (TPSA) is 189 Å². The maximum atomic E-state index is 12.4. The number of rotatable bonds is 9. The van der Waals surface area contributed by atoms with Crippen molar-refractivity contribution in [3.05, 3.63) is 84.8 Å². The molecular formula is C33H36N10O5S. The monoisotopic (exact) mass is 684 g/mol. The number of aromatic nitrogens is 7. The van der Waals surface area contributed by atoms with Gasteiger partial charge in [-0.1, -0.05) is 5.21 Å². The minimum Gasteiger partial charge on any atom is -0.437 e. The molecule has 0 aliphatic carbocycles. The Labute approximate surface area is 284 Å². The third-order valence-corrected chi connectivity index (χ3v) is 10.00. The summed E-state index contributed by atoms with van der Waals surface area (Å²) in [6.45, 7) is 7.51. The number of anilines is 1. The molecule has 254 valence electrons. The molecule has 3 atom stereocenters. The quantitative estimate of drug-likeness (QED) is 0.206. The number of aryl methyl sites for hydroxylation is 3. The molecule has 0 bridgehead atoms. The third kappa shape index (κ3) is 6.70. The van der Waals surface area contributed by atoms with Crippen LogP contribution in [0.4, 0.5) is 5.95 Å². The number of nitriles is 1. The number of benzene rings is 1. The minimum atomic E-state index is -0.652. The maximum absolute atomic E-state index is 12.4. The number of ether oxygens (including phenoxy) is 2. The number of piperidine rings is 1. The van der Waals surface area contributed by atoms with Crippen LogP contribution in [0.1, 0.15) is 59.5 Å². The Hall–Kier alpha value is -4.95. The number of likely N-dealkylation sites (tertiary alicyclic amines) is 1. The molecule has 1 aromatic carbocycles. The van der Waals surface area contributed by atoms with Crippen molar-refractivity contribution in [2.45, 2.75) is 71.0 Å². The van der Waals surface area contributed by atoms with Crippen molar-refractivity contribution in [1.29, 1.82) is 5.26 Å². The zero-order valence-electron chi connectivity index (χ0n) is 27.3. The summed E-state index contributed by atoms with van der Waals surface area (Å²) < 4.78 is 16.3. The second-order valence-electron chi connectivity index (χ2n) is 12.6. The SMILES string of the molecule is Cc1cc(C#N)cc(C)c1Oc1nc(NC2CCN(Cc3cn([C@H]4C[C@H](n5cc(C)c(=O)[nH]c5=O)O[C@@H]4CO)nn3)CC2)nc2ccsc12. The molecule has 0 unspecified atom stereocenters. The van der Waals surface area contributed by atoms with Crippen LogP contribution in [-0.2, 0) is 11.3 Å². The van der Waals surface area contributed by atoms with Gasteiger partial charge in [-0.15, -0.1) is 16.4 Å².